The Bertz CT molecular complexity index is 411. The molecule has 0 aromatic rings. The molecule has 2 aliphatic heterocycles. The number of hydrogen-bond acceptors (Lipinski definition) is 4. The first kappa shape index (κ1) is 17.1. The highest BCUT2D eigenvalue weighted by Gasteiger charge is 2.33. The molecule has 1 atom stereocenters. The molecule has 22 heavy (non-hydrogen) atoms. The van der Waals surface area contributed by atoms with Gasteiger partial charge in [-0.3, -0.25) is 9.69 Å². The molecule has 0 spiro atoms. The van der Waals surface area contributed by atoms with Crippen molar-refractivity contribution < 1.29 is 19.4 Å². The van der Waals surface area contributed by atoms with E-state index in [1.165, 1.54) is 0 Å². The second-order valence-electron chi connectivity index (χ2n) is 7.37. The van der Waals surface area contributed by atoms with Crippen molar-refractivity contribution in [1.82, 2.24) is 9.80 Å². The number of nitrogens with zero attached hydrogens (tertiary/aromatic N) is 2. The lowest BCUT2D eigenvalue weighted by Gasteiger charge is -2.41. The number of hydrogen-bond donors (Lipinski definition) is 1. The highest BCUT2D eigenvalue weighted by molar-refractivity contribution is 5.70. The smallest absolute Gasteiger partial charge is 0.410 e. The fraction of sp³-hybridized carbons (Fsp3) is 0.875. The van der Waals surface area contributed by atoms with Crippen LogP contribution in [0, 0.1) is 5.92 Å². The van der Waals surface area contributed by atoms with E-state index in [9.17, 15) is 14.7 Å². The molecule has 0 aliphatic carbocycles. The van der Waals surface area contributed by atoms with Crippen LogP contribution in [0.25, 0.3) is 0 Å². The number of piperidine rings is 2. The van der Waals surface area contributed by atoms with E-state index < -0.39 is 11.6 Å². The van der Waals surface area contributed by atoms with Gasteiger partial charge < -0.3 is 14.7 Å². The van der Waals surface area contributed by atoms with Crippen LogP contribution in [0.4, 0.5) is 4.79 Å². The molecule has 0 aromatic heterocycles. The molecule has 2 fully saturated rings. The normalized spacial score (nSPS) is 25.0. The fourth-order valence-corrected chi connectivity index (χ4v) is 3.28. The number of carbonyl (C=O) groups is 2. The summed E-state index contributed by atoms with van der Waals surface area (Å²) >= 11 is 0. The zero-order valence-electron chi connectivity index (χ0n) is 13.9. The predicted octanol–water partition coefficient (Wildman–Crippen LogP) is 2.18. The van der Waals surface area contributed by atoms with Gasteiger partial charge in [-0.25, -0.2) is 4.79 Å². The highest BCUT2D eigenvalue weighted by atomic mass is 16.6. The third-order valence-corrected chi connectivity index (χ3v) is 4.43. The van der Waals surface area contributed by atoms with E-state index in [-0.39, 0.29) is 12.0 Å². The molecule has 6 heteroatoms. The average molecular weight is 312 g/mol. The minimum absolute atomic E-state index is 0.238. The first-order valence-electron chi connectivity index (χ1n) is 8.21. The van der Waals surface area contributed by atoms with Gasteiger partial charge in [0.15, 0.2) is 0 Å². The predicted molar refractivity (Wildman–Crippen MR) is 82.8 cm³/mol. The van der Waals surface area contributed by atoms with Gasteiger partial charge in [-0.2, -0.15) is 0 Å². The van der Waals surface area contributed by atoms with Gasteiger partial charge in [0, 0.05) is 25.7 Å². The summed E-state index contributed by atoms with van der Waals surface area (Å²) in [5.41, 5.74) is -0.463. The Morgan fingerprint density at radius 1 is 1.09 bits per heavy atom. The van der Waals surface area contributed by atoms with Crippen LogP contribution < -0.4 is 0 Å². The van der Waals surface area contributed by atoms with Crippen LogP contribution in [0.3, 0.4) is 0 Å². The summed E-state index contributed by atoms with van der Waals surface area (Å²) in [4.78, 5) is 27.3. The molecular formula is C16H28N2O4. The first-order chi connectivity index (χ1) is 10.3. The molecule has 0 unspecified atom stereocenters. The molecule has 0 saturated carbocycles. The van der Waals surface area contributed by atoms with E-state index in [4.69, 9.17) is 4.74 Å². The molecule has 2 rings (SSSR count). The Hall–Kier alpha value is -1.30. The Morgan fingerprint density at radius 3 is 2.27 bits per heavy atom. The van der Waals surface area contributed by atoms with E-state index in [1.54, 1.807) is 4.90 Å². The van der Waals surface area contributed by atoms with Gasteiger partial charge in [-0.05, 0) is 53.0 Å². The fourth-order valence-electron chi connectivity index (χ4n) is 3.28. The summed E-state index contributed by atoms with van der Waals surface area (Å²) in [6.07, 6.45) is 3.27. The van der Waals surface area contributed by atoms with Gasteiger partial charge in [-0.15, -0.1) is 0 Å². The monoisotopic (exact) mass is 312 g/mol. The maximum atomic E-state index is 12.1. The number of ether oxygens (including phenoxy) is 1. The number of carboxylic acids is 1. The summed E-state index contributed by atoms with van der Waals surface area (Å²) < 4.78 is 5.40. The minimum atomic E-state index is -0.684. The van der Waals surface area contributed by atoms with Crippen molar-refractivity contribution >= 4 is 12.1 Å². The SMILES string of the molecule is CC(C)(C)OC(=O)N1CCC(N2CCC[C@H](C(=O)O)C2)CC1. The molecule has 6 nitrogen and oxygen atoms in total. The molecule has 126 valence electrons. The second-order valence-corrected chi connectivity index (χ2v) is 7.37. The van der Waals surface area contributed by atoms with Gasteiger partial charge >= 0.3 is 12.1 Å². The number of amides is 1. The lowest BCUT2D eigenvalue weighted by molar-refractivity contribution is -0.144. The topological polar surface area (TPSA) is 70.1 Å². The van der Waals surface area contributed by atoms with E-state index in [0.717, 1.165) is 32.2 Å². The van der Waals surface area contributed by atoms with Crippen LogP contribution in [0.2, 0.25) is 0 Å². The maximum Gasteiger partial charge on any atom is 0.410 e. The van der Waals surface area contributed by atoms with Crippen molar-refractivity contribution in [3.63, 3.8) is 0 Å². The summed E-state index contributed by atoms with van der Waals surface area (Å²) in [5.74, 6) is -0.923. The third-order valence-electron chi connectivity index (χ3n) is 4.43. The van der Waals surface area contributed by atoms with Crippen molar-refractivity contribution in [2.45, 2.75) is 58.1 Å². The van der Waals surface area contributed by atoms with E-state index in [1.807, 2.05) is 20.8 Å². The van der Waals surface area contributed by atoms with Gasteiger partial charge in [-0.1, -0.05) is 0 Å². The Morgan fingerprint density at radius 2 is 1.73 bits per heavy atom. The van der Waals surface area contributed by atoms with Crippen LogP contribution in [0.1, 0.15) is 46.5 Å². The lowest BCUT2D eigenvalue weighted by atomic mass is 9.94. The van der Waals surface area contributed by atoms with Crippen LogP contribution >= 0.6 is 0 Å². The largest absolute Gasteiger partial charge is 0.481 e. The molecular weight excluding hydrogens is 284 g/mol. The Labute approximate surface area is 132 Å². The maximum absolute atomic E-state index is 12.1. The second kappa shape index (κ2) is 6.86. The summed E-state index contributed by atoms with van der Waals surface area (Å²) in [6.45, 7) is 8.61. The zero-order chi connectivity index (χ0) is 16.3. The van der Waals surface area contributed by atoms with Gasteiger partial charge in [0.1, 0.15) is 5.60 Å². The molecule has 0 bridgehead atoms. The standard InChI is InChI=1S/C16H28N2O4/c1-16(2,3)22-15(21)17-9-6-13(7-10-17)18-8-4-5-12(11-18)14(19)20/h12-13H,4-11H2,1-3H3,(H,19,20)/t12-/m0/s1. The average Bonchev–Trinajstić information content (AvgIpc) is 2.46. The van der Waals surface area contributed by atoms with Crippen molar-refractivity contribution in [2.75, 3.05) is 26.2 Å². The van der Waals surface area contributed by atoms with Gasteiger partial charge in [0.2, 0.25) is 0 Å². The summed E-state index contributed by atoms with van der Waals surface area (Å²) in [5, 5.41) is 9.18. The molecule has 2 heterocycles. The Balaban J connectivity index is 1.82. The number of carbonyl (C=O) groups excluding carboxylic acids is 1. The molecule has 1 N–H and O–H groups in total. The molecule has 0 radical (unpaired) electrons. The van der Waals surface area contributed by atoms with Gasteiger partial charge in [0.05, 0.1) is 5.92 Å². The van der Waals surface area contributed by atoms with Crippen LogP contribution in [0.15, 0.2) is 0 Å². The van der Waals surface area contributed by atoms with Crippen LogP contribution in [-0.2, 0) is 9.53 Å². The van der Waals surface area contributed by atoms with Crippen LogP contribution in [-0.4, -0.2) is 64.8 Å². The van der Waals surface area contributed by atoms with E-state index in [0.29, 0.717) is 25.7 Å². The summed E-state index contributed by atoms with van der Waals surface area (Å²) in [7, 11) is 0. The number of rotatable bonds is 2. The minimum Gasteiger partial charge on any atom is -0.481 e. The van der Waals surface area contributed by atoms with Crippen molar-refractivity contribution in [2.24, 2.45) is 5.92 Å². The molecule has 1 amide bonds. The molecule has 2 aliphatic rings. The Kier molecular flexibility index (Phi) is 5.32. The third kappa shape index (κ3) is 4.60. The number of carboxylic acid groups (broad SMARTS) is 1. The van der Waals surface area contributed by atoms with E-state index in [2.05, 4.69) is 4.90 Å². The van der Waals surface area contributed by atoms with Crippen LogP contribution in [0.5, 0.6) is 0 Å². The van der Waals surface area contributed by atoms with E-state index >= 15 is 0 Å². The molecule has 2 saturated heterocycles. The zero-order valence-corrected chi connectivity index (χ0v) is 13.9. The highest BCUT2D eigenvalue weighted by Crippen LogP contribution is 2.24. The number of likely N-dealkylation sites (tertiary alicyclic amines) is 2. The van der Waals surface area contributed by atoms with Gasteiger partial charge in [0.25, 0.3) is 0 Å². The molecule has 0 aromatic carbocycles. The number of aliphatic carboxylic acids is 1. The first-order valence-corrected chi connectivity index (χ1v) is 8.21. The quantitative estimate of drug-likeness (QED) is 0.846. The van der Waals surface area contributed by atoms with Crippen molar-refractivity contribution in [3.8, 4) is 0 Å². The van der Waals surface area contributed by atoms with Crippen molar-refractivity contribution in [1.29, 1.82) is 0 Å². The summed E-state index contributed by atoms with van der Waals surface area (Å²) in [6, 6.07) is 0.390. The lowest BCUT2D eigenvalue weighted by Crippen LogP contribution is -2.51. The van der Waals surface area contributed by atoms with Crippen molar-refractivity contribution in [3.05, 3.63) is 0 Å².